The molecule has 7 heteroatoms. The molecule has 1 aliphatic rings. The molecule has 1 aromatic carbocycles. The van der Waals surface area contributed by atoms with E-state index < -0.39 is 0 Å². The van der Waals surface area contributed by atoms with E-state index in [-0.39, 0.29) is 23.6 Å². The summed E-state index contributed by atoms with van der Waals surface area (Å²) in [5.74, 6) is -0.479. The summed E-state index contributed by atoms with van der Waals surface area (Å²) in [6.07, 6.45) is 4.28. The van der Waals surface area contributed by atoms with Gasteiger partial charge in [0.1, 0.15) is 5.69 Å². The van der Waals surface area contributed by atoms with Gasteiger partial charge in [0, 0.05) is 36.2 Å². The molecule has 0 spiro atoms. The zero-order chi connectivity index (χ0) is 18.1. The zero-order valence-corrected chi connectivity index (χ0v) is 14.4. The molecular formula is C19H19N5O2. The molecule has 1 fully saturated rings. The van der Waals surface area contributed by atoms with Crippen LogP contribution in [0, 0.1) is 0 Å². The normalized spacial score (nSPS) is 13.6. The third kappa shape index (κ3) is 3.28. The molecule has 3 aromatic rings. The number of pyridine rings is 1. The summed E-state index contributed by atoms with van der Waals surface area (Å²) in [5, 5.41) is 13.6. The number of nitrogens with zero attached hydrogens (tertiary/aromatic N) is 2. The highest BCUT2D eigenvalue weighted by molar-refractivity contribution is 5.98. The highest BCUT2D eigenvalue weighted by atomic mass is 16.2. The number of H-pyrrole nitrogens is 1. The second-order valence-corrected chi connectivity index (χ2v) is 6.49. The van der Waals surface area contributed by atoms with Crippen LogP contribution in [0.25, 0.3) is 10.9 Å². The average Bonchev–Trinajstić information content (AvgIpc) is 3.33. The zero-order valence-electron chi connectivity index (χ0n) is 14.4. The third-order valence-corrected chi connectivity index (χ3v) is 4.45. The lowest BCUT2D eigenvalue weighted by Gasteiger charge is -2.09. The Hall–Kier alpha value is -3.22. The molecule has 4 rings (SSSR count). The molecule has 0 saturated heterocycles. The molecular weight excluding hydrogens is 330 g/mol. The number of fused-ring (bicyclic) bond motifs is 1. The van der Waals surface area contributed by atoms with Crippen LogP contribution in [0.1, 0.15) is 44.9 Å². The van der Waals surface area contributed by atoms with Crippen LogP contribution in [-0.4, -0.2) is 40.1 Å². The van der Waals surface area contributed by atoms with E-state index in [1.807, 2.05) is 18.2 Å². The summed E-state index contributed by atoms with van der Waals surface area (Å²) in [5.41, 5.74) is 3.30. The van der Waals surface area contributed by atoms with Gasteiger partial charge in [0.05, 0.1) is 11.7 Å². The lowest BCUT2D eigenvalue weighted by atomic mass is 10.0. The largest absolute Gasteiger partial charge is 0.354 e. The molecule has 2 aromatic heterocycles. The molecule has 26 heavy (non-hydrogen) atoms. The van der Waals surface area contributed by atoms with Gasteiger partial charge < -0.3 is 10.6 Å². The fourth-order valence-corrected chi connectivity index (χ4v) is 2.92. The second kappa shape index (κ2) is 6.59. The predicted molar refractivity (Wildman–Crippen MR) is 97.0 cm³/mol. The second-order valence-electron chi connectivity index (χ2n) is 6.49. The number of amides is 2. The number of benzene rings is 1. The van der Waals surface area contributed by atoms with E-state index in [0.29, 0.717) is 17.7 Å². The maximum atomic E-state index is 12.4. The first kappa shape index (κ1) is 16.3. The quantitative estimate of drug-likeness (QED) is 0.654. The van der Waals surface area contributed by atoms with Gasteiger partial charge in [-0.1, -0.05) is 18.2 Å². The van der Waals surface area contributed by atoms with Gasteiger partial charge in [-0.3, -0.25) is 14.7 Å². The van der Waals surface area contributed by atoms with Crippen LogP contribution in [-0.2, 0) is 6.42 Å². The Labute approximate surface area is 150 Å². The van der Waals surface area contributed by atoms with Gasteiger partial charge in [0.2, 0.25) is 0 Å². The van der Waals surface area contributed by atoms with Gasteiger partial charge in [-0.2, -0.15) is 5.10 Å². The number of hydrogen-bond acceptors (Lipinski definition) is 4. The lowest BCUT2D eigenvalue weighted by molar-refractivity contribution is 0.0951. The van der Waals surface area contributed by atoms with E-state index in [9.17, 15) is 9.59 Å². The van der Waals surface area contributed by atoms with Crippen molar-refractivity contribution >= 4 is 22.7 Å². The van der Waals surface area contributed by atoms with E-state index in [0.717, 1.165) is 29.3 Å². The predicted octanol–water partition coefficient (Wildman–Crippen LogP) is 1.80. The summed E-state index contributed by atoms with van der Waals surface area (Å²) in [7, 11) is 1.55. The number of carbonyl (C=O) groups excluding carboxylic acids is 2. The molecule has 2 amide bonds. The van der Waals surface area contributed by atoms with Gasteiger partial charge in [0.25, 0.3) is 11.8 Å². The standard InChI is InChI=1S/C19H19N5O2/c1-20-19(26)16-9-13(18(25)23-14-5-6-14)8-15(22-16)7-11-3-2-4-12-10-21-24-17(11)12/h2-4,8-10,14H,5-7H2,1H3,(H,20,26)(H,21,24)(H,23,25). The van der Waals surface area contributed by atoms with Crippen LogP contribution in [0.5, 0.6) is 0 Å². The van der Waals surface area contributed by atoms with Gasteiger partial charge in [0.15, 0.2) is 0 Å². The van der Waals surface area contributed by atoms with Crippen LogP contribution in [0.4, 0.5) is 0 Å². The number of hydrogen-bond donors (Lipinski definition) is 3. The van der Waals surface area contributed by atoms with Crippen molar-refractivity contribution in [1.29, 1.82) is 0 Å². The van der Waals surface area contributed by atoms with Crippen LogP contribution < -0.4 is 10.6 Å². The first-order valence-electron chi connectivity index (χ1n) is 8.59. The highest BCUT2D eigenvalue weighted by Crippen LogP contribution is 2.21. The Morgan fingerprint density at radius 1 is 1.23 bits per heavy atom. The minimum atomic E-state index is -0.313. The Morgan fingerprint density at radius 2 is 2.08 bits per heavy atom. The molecule has 132 valence electrons. The number of carbonyl (C=O) groups is 2. The summed E-state index contributed by atoms with van der Waals surface area (Å²) in [6, 6.07) is 9.46. The van der Waals surface area contributed by atoms with Crippen molar-refractivity contribution in [1.82, 2.24) is 25.8 Å². The molecule has 1 saturated carbocycles. The molecule has 3 N–H and O–H groups in total. The van der Waals surface area contributed by atoms with Crippen LogP contribution in [0.3, 0.4) is 0 Å². The molecule has 2 heterocycles. The molecule has 1 aliphatic carbocycles. The minimum absolute atomic E-state index is 0.166. The number of para-hydroxylation sites is 1. The summed E-state index contributed by atoms with van der Waals surface area (Å²) in [4.78, 5) is 29.0. The Kier molecular flexibility index (Phi) is 4.12. The number of aromatic nitrogens is 3. The Morgan fingerprint density at radius 3 is 2.85 bits per heavy atom. The average molecular weight is 349 g/mol. The van der Waals surface area contributed by atoms with E-state index in [2.05, 4.69) is 25.8 Å². The number of nitrogens with one attached hydrogen (secondary N) is 3. The Balaban J connectivity index is 1.70. The van der Waals surface area contributed by atoms with Crippen molar-refractivity contribution in [2.45, 2.75) is 25.3 Å². The van der Waals surface area contributed by atoms with Gasteiger partial charge in [-0.15, -0.1) is 0 Å². The van der Waals surface area contributed by atoms with Crippen molar-refractivity contribution in [2.75, 3.05) is 7.05 Å². The smallest absolute Gasteiger partial charge is 0.269 e. The van der Waals surface area contributed by atoms with E-state index in [1.54, 1.807) is 19.3 Å². The first-order valence-corrected chi connectivity index (χ1v) is 8.59. The van der Waals surface area contributed by atoms with E-state index >= 15 is 0 Å². The first-order chi connectivity index (χ1) is 12.6. The SMILES string of the molecule is CNC(=O)c1cc(C(=O)NC2CC2)cc(Cc2cccc3cn[nH]c23)n1. The summed E-state index contributed by atoms with van der Waals surface area (Å²) >= 11 is 0. The molecule has 0 unspecified atom stereocenters. The summed E-state index contributed by atoms with van der Waals surface area (Å²) < 4.78 is 0. The molecule has 0 atom stereocenters. The van der Waals surface area contributed by atoms with Crippen molar-refractivity contribution in [2.24, 2.45) is 0 Å². The summed E-state index contributed by atoms with van der Waals surface area (Å²) in [6.45, 7) is 0. The van der Waals surface area contributed by atoms with Crippen LogP contribution >= 0.6 is 0 Å². The van der Waals surface area contributed by atoms with Gasteiger partial charge >= 0.3 is 0 Å². The van der Waals surface area contributed by atoms with Crippen LogP contribution in [0.15, 0.2) is 36.5 Å². The van der Waals surface area contributed by atoms with Crippen molar-refractivity contribution < 1.29 is 9.59 Å². The topological polar surface area (TPSA) is 99.8 Å². The van der Waals surface area contributed by atoms with E-state index in [1.165, 1.54) is 6.07 Å². The molecule has 0 bridgehead atoms. The Bertz CT molecular complexity index is 991. The maximum Gasteiger partial charge on any atom is 0.269 e. The monoisotopic (exact) mass is 349 g/mol. The fraction of sp³-hybridized carbons (Fsp3) is 0.263. The highest BCUT2D eigenvalue weighted by Gasteiger charge is 2.24. The van der Waals surface area contributed by atoms with Crippen molar-refractivity contribution in [3.63, 3.8) is 0 Å². The number of rotatable bonds is 5. The maximum absolute atomic E-state index is 12.4. The third-order valence-electron chi connectivity index (χ3n) is 4.45. The fourth-order valence-electron chi connectivity index (χ4n) is 2.92. The van der Waals surface area contributed by atoms with Crippen LogP contribution in [0.2, 0.25) is 0 Å². The van der Waals surface area contributed by atoms with Crippen molar-refractivity contribution in [3.8, 4) is 0 Å². The van der Waals surface area contributed by atoms with Crippen molar-refractivity contribution in [3.05, 3.63) is 59.0 Å². The molecule has 7 nitrogen and oxygen atoms in total. The lowest BCUT2D eigenvalue weighted by Crippen LogP contribution is -2.27. The molecule has 0 aliphatic heterocycles. The van der Waals surface area contributed by atoms with Gasteiger partial charge in [-0.25, -0.2) is 4.98 Å². The minimum Gasteiger partial charge on any atom is -0.354 e. The van der Waals surface area contributed by atoms with E-state index in [4.69, 9.17) is 0 Å². The van der Waals surface area contributed by atoms with Gasteiger partial charge in [-0.05, 0) is 30.5 Å². The molecule has 0 radical (unpaired) electrons. The number of aromatic amines is 1.